The molecule has 0 bridgehead atoms. The Kier molecular flexibility index (Phi) is 9.28. The maximum atomic E-state index is 13.7. The van der Waals surface area contributed by atoms with Crippen LogP contribution in [0.2, 0.25) is 0 Å². The van der Waals surface area contributed by atoms with Crippen molar-refractivity contribution in [3.8, 4) is 0 Å². The van der Waals surface area contributed by atoms with Crippen LogP contribution in [-0.2, 0) is 16.1 Å². The van der Waals surface area contributed by atoms with Crippen molar-refractivity contribution in [3.63, 3.8) is 0 Å². The van der Waals surface area contributed by atoms with E-state index in [-0.39, 0.29) is 24.0 Å². The monoisotopic (exact) mass is 513 g/mol. The molecule has 1 unspecified atom stereocenters. The molecule has 9 heteroatoms. The van der Waals surface area contributed by atoms with Gasteiger partial charge in [0.05, 0.1) is 22.9 Å². The molecule has 1 saturated heterocycles. The van der Waals surface area contributed by atoms with Crippen LogP contribution >= 0.6 is 24.4 Å². The first kappa shape index (κ1) is 26.7. The molecule has 7 nitrogen and oxygen atoms in total. The lowest BCUT2D eigenvalue weighted by atomic mass is 10.0. The molecule has 3 heterocycles. The lowest BCUT2D eigenvalue weighted by Crippen LogP contribution is -2.50. The van der Waals surface area contributed by atoms with Crippen LogP contribution in [0.5, 0.6) is 0 Å². The van der Waals surface area contributed by atoms with E-state index in [2.05, 4.69) is 38.4 Å². The van der Waals surface area contributed by atoms with Crippen LogP contribution in [0.3, 0.4) is 0 Å². The van der Waals surface area contributed by atoms with Gasteiger partial charge in [-0.05, 0) is 24.5 Å². The summed E-state index contributed by atoms with van der Waals surface area (Å²) in [4.78, 5) is 43.4. The molecule has 35 heavy (non-hydrogen) atoms. The highest BCUT2D eigenvalue weighted by Crippen LogP contribution is 2.31. The highest BCUT2D eigenvalue weighted by Gasteiger charge is 2.32. The van der Waals surface area contributed by atoms with Gasteiger partial charge in [-0.15, -0.1) is 24.4 Å². The fraction of sp³-hybridized carbons (Fsp3) is 0.346. The Bertz CT molecular complexity index is 1140. The summed E-state index contributed by atoms with van der Waals surface area (Å²) in [6.45, 7) is 15.5. The van der Waals surface area contributed by atoms with Gasteiger partial charge in [-0.3, -0.25) is 9.59 Å². The number of allylic oxidation sites excluding steroid dienone is 3. The molecule has 0 saturated carbocycles. The molecular formula is C26H31N3O4S2. The number of piperazine rings is 1. The second kappa shape index (κ2) is 12.2. The Hall–Kier alpha value is -2.91. The molecule has 186 valence electrons. The maximum absolute atomic E-state index is 13.7. The number of aromatic nitrogens is 1. The SMILES string of the molecule is C=C/C=C(\S)C(=O)N1CCN(c2c(C=C)c(C=C)n(CC3C=CSC3)c(=O)c2C(=O)OCC)CC1. The molecule has 0 N–H and O–H groups in total. The van der Waals surface area contributed by atoms with Crippen LogP contribution in [0, 0.1) is 5.92 Å². The van der Waals surface area contributed by atoms with E-state index in [4.69, 9.17) is 4.74 Å². The second-order valence-corrected chi connectivity index (χ2v) is 9.48. The van der Waals surface area contributed by atoms with Gasteiger partial charge < -0.3 is 19.1 Å². The number of thiol groups is 1. The molecule has 1 fully saturated rings. The number of thioether (sulfide) groups is 1. The summed E-state index contributed by atoms with van der Waals surface area (Å²) in [5.74, 6) is 0.184. The fourth-order valence-corrected chi connectivity index (χ4v) is 5.45. The number of pyridine rings is 1. The molecule has 3 rings (SSSR count). The Morgan fingerprint density at radius 3 is 2.46 bits per heavy atom. The van der Waals surface area contributed by atoms with Gasteiger partial charge in [-0.2, -0.15) is 0 Å². The molecule has 0 aliphatic carbocycles. The summed E-state index contributed by atoms with van der Waals surface area (Å²) in [6.07, 6.45) is 8.43. The standard InChI is InChI=1S/C26H31N3O4S2/c1-5-9-21(34)24(30)28-13-11-27(12-14-28)23-19(6-2)20(7-3)29(16-18-10-15-35-17-18)25(31)22(23)26(32)33-8-4/h5-7,9-10,15,18,34H,1-3,8,11-14,16-17H2,4H3/b21-9-. The Labute approximate surface area is 215 Å². The number of esters is 1. The number of ether oxygens (including phenoxy) is 1. The van der Waals surface area contributed by atoms with E-state index in [9.17, 15) is 14.4 Å². The van der Waals surface area contributed by atoms with Crippen LogP contribution in [0.4, 0.5) is 5.69 Å². The summed E-state index contributed by atoms with van der Waals surface area (Å²) in [6, 6.07) is 0. The van der Waals surface area contributed by atoms with Crippen molar-refractivity contribution in [1.82, 2.24) is 9.47 Å². The summed E-state index contributed by atoms with van der Waals surface area (Å²) in [5, 5.41) is 2.03. The van der Waals surface area contributed by atoms with Crippen LogP contribution < -0.4 is 10.5 Å². The predicted octanol–water partition coefficient (Wildman–Crippen LogP) is 3.84. The average molecular weight is 514 g/mol. The third-order valence-corrected chi connectivity index (χ3v) is 7.26. The van der Waals surface area contributed by atoms with E-state index in [1.54, 1.807) is 46.4 Å². The van der Waals surface area contributed by atoms with Gasteiger partial charge in [0.15, 0.2) is 0 Å². The number of carbonyl (C=O) groups is 2. The molecule has 0 aromatic carbocycles. The second-order valence-electron chi connectivity index (χ2n) is 8.06. The summed E-state index contributed by atoms with van der Waals surface area (Å²) in [7, 11) is 0. The van der Waals surface area contributed by atoms with E-state index in [0.29, 0.717) is 54.6 Å². The van der Waals surface area contributed by atoms with Gasteiger partial charge >= 0.3 is 5.97 Å². The zero-order valence-corrected chi connectivity index (χ0v) is 21.7. The Morgan fingerprint density at radius 2 is 1.91 bits per heavy atom. The van der Waals surface area contributed by atoms with Gasteiger partial charge in [0, 0.05) is 50.0 Å². The molecular weight excluding hydrogens is 482 g/mol. The zero-order valence-electron chi connectivity index (χ0n) is 19.9. The van der Waals surface area contributed by atoms with Gasteiger partial charge in [0.1, 0.15) is 5.56 Å². The highest BCUT2D eigenvalue weighted by molar-refractivity contribution is 8.02. The first-order valence-corrected chi connectivity index (χ1v) is 12.9. The molecule has 1 aromatic heterocycles. The van der Waals surface area contributed by atoms with Crippen molar-refractivity contribution in [2.75, 3.05) is 43.4 Å². The predicted molar refractivity (Wildman–Crippen MR) is 148 cm³/mol. The largest absolute Gasteiger partial charge is 0.462 e. The number of anilines is 1. The van der Waals surface area contributed by atoms with Crippen molar-refractivity contribution >= 4 is 54.1 Å². The van der Waals surface area contributed by atoms with Gasteiger partial charge in [-0.1, -0.05) is 38.0 Å². The van der Waals surface area contributed by atoms with Crippen LogP contribution in [-0.4, -0.2) is 59.9 Å². The molecule has 1 amide bonds. The van der Waals surface area contributed by atoms with Crippen molar-refractivity contribution in [2.45, 2.75) is 13.5 Å². The molecule has 2 aliphatic rings. The quantitative estimate of drug-likeness (QED) is 0.234. The normalized spacial score (nSPS) is 17.9. The van der Waals surface area contributed by atoms with Gasteiger partial charge in [0.25, 0.3) is 11.5 Å². The number of hydrogen-bond donors (Lipinski definition) is 1. The third-order valence-electron chi connectivity index (χ3n) is 5.95. The van der Waals surface area contributed by atoms with Crippen molar-refractivity contribution < 1.29 is 14.3 Å². The first-order chi connectivity index (χ1) is 16.9. The lowest BCUT2D eigenvalue weighted by molar-refractivity contribution is -0.126. The van der Waals surface area contributed by atoms with Crippen molar-refractivity contribution in [2.24, 2.45) is 5.92 Å². The maximum Gasteiger partial charge on any atom is 0.345 e. The summed E-state index contributed by atoms with van der Waals surface area (Å²) < 4.78 is 6.91. The van der Waals surface area contributed by atoms with E-state index >= 15 is 0 Å². The average Bonchev–Trinajstić information content (AvgIpc) is 3.37. The number of nitrogens with zero attached hydrogens (tertiary/aromatic N) is 3. The van der Waals surface area contributed by atoms with Crippen LogP contribution in [0.15, 0.2) is 53.1 Å². The van der Waals surface area contributed by atoms with Crippen molar-refractivity contribution in [3.05, 3.63) is 75.5 Å². The van der Waals surface area contributed by atoms with Gasteiger partial charge in [-0.25, -0.2) is 4.79 Å². The summed E-state index contributed by atoms with van der Waals surface area (Å²) >= 11 is 5.95. The number of hydrogen-bond acceptors (Lipinski definition) is 7. The lowest BCUT2D eigenvalue weighted by Gasteiger charge is -2.38. The van der Waals surface area contributed by atoms with Gasteiger partial charge in [0.2, 0.25) is 0 Å². The highest BCUT2D eigenvalue weighted by atomic mass is 32.2. The number of amides is 1. The summed E-state index contributed by atoms with van der Waals surface area (Å²) in [5.41, 5.74) is 1.32. The van der Waals surface area contributed by atoms with Crippen molar-refractivity contribution in [1.29, 1.82) is 0 Å². The molecule has 1 atom stereocenters. The molecule has 0 spiro atoms. The van der Waals surface area contributed by atoms with Crippen LogP contribution in [0.25, 0.3) is 12.2 Å². The zero-order chi connectivity index (χ0) is 25.5. The fourth-order valence-electron chi connectivity index (χ4n) is 4.29. The molecule has 1 aromatic rings. The number of rotatable bonds is 9. The molecule has 2 aliphatic heterocycles. The minimum atomic E-state index is -0.665. The minimum Gasteiger partial charge on any atom is -0.462 e. The van der Waals surface area contributed by atoms with E-state index in [1.165, 1.54) is 6.08 Å². The first-order valence-electron chi connectivity index (χ1n) is 11.4. The molecule has 0 radical (unpaired) electrons. The number of carbonyl (C=O) groups excluding carboxylic acids is 2. The smallest absolute Gasteiger partial charge is 0.345 e. The van der Waals surface area contributed by atoms with E-state index in [1.807, 2.05) is 10.3 Å². The topological polar surface area (TPSA) is 71.9 Å². The Morgan fingerprint density at radius 1 is 1.20 bits per heavy atom. The van der Waals surface area contributed by atoms with E-state index in [0.717, 1.165) is 5.75 Å². The Balaban J connectivity index is 2.07. The van der Waals surface area contributed by atoms with E-state index < -0.39 is 11.5 Å². The third kappa shape index (κ3) is 5.67. The minimum absolute atomic E-state index is 0.0109. The van der Waals surface area contributed by atoms with Crippen LogP contribution in [0.1, 0.15) is 28.5 Å².